The Morgan fingerprint density at radius 3 is 2.65 bits per heavy atom. The number of hydrogen-bond donors (Lipinski definition) is 1. The first-order chi connectivity index (χ1) is 23.1. The summed E-state index contributed by atoms with van der Waals surface area (Å²) in [5, 5.41) is 15.3. The molecule has 0 unspecified atom stereocenters. The number of nitrogen functional groups attached to an aromatic ring is 1. The molecule has 13 heteroatoms. The van der Waals surface area contributed by atoms with Crippen LogP contribution in [-0.4, -0.2) is 91.1 Å². The van der Waals surface area contributed by atoms with Crippen molar-refractivity contribution in [3.05, 3.63) is 72.3 Å². The standard InChI is InChI=1S/C35H38FN9O3/c1-4-42-15-16-44(21-29(42)46)35(2,3)18-23(19-37)34(47)43-14-8-9-24(20-43)45-33-30(32(38)39-22-40-33)31(41-45)27-13-12-26(17-28(27)36)48-25-10-6-5-7-11-25/h5-7,10-13,17-18,22,24H,4,8-9,14-16,20-21H2,1-3H3,(H2,38,39,40)/b23-18+/t24-/m0/s1. The zero-order valence-corrected chi connectivity index (χ0v) is 27.3. The van der Waals surface area contributed by atoms with E-state index in [0.717, 1.165) is 0 Å². The summed E-state index contributed by atoms with van der Waals surface area (Å²) in [7, 11) is 0. The van der Waals surface area contributed by atoms with E-state index in [9.17, 15) is 14.9 Å². The van der Waals surface area contributed by atoms with Gasteiger partial charge < -0.3 is 20.3 Å². The summed E-state index contributed by atoms with van der Waals surface area (Å²) in [4.78, 5) is 40.4. The smallest absolute Gasteiger partial charge is 0.264 e. The number of nitrogens with zero attached hydrogens (tertiary/aromatic N) is 8. The van der Waals surface area contributed by atoms with Crippen LogP contribution in [0.3, 0.4) is 0 Å². The third kappa shape index (κ3) is 6.44. The molecule has 12 nitrogen and oxygen atoms in total. The Morgan fingerprint density at radius 2 is 1.94 bits per heavy atom. The van der Waals surface area contributed by atoms with Crippen LogP contribution in [0, 0.1) is 17.1 Å². The first-order valence-electron chi connectivity index (χ1n) is 16.1. The molecule has 0 bridgehead atoms. The Bertz CT molecular complexity index is 1920. The van der Waals surface area contributed by atoms with Crippen LogP contribution >= 0.6 is 0 Å². The van der Waals surface area contributed by atoms with Gasteiger partial charge in [0.25, 0.3) is 5.91 Å². The Morgan fingerprint density at radius 1 is 1.15 bits per heavy atom. The van der Waals surface area contributed by atoms with Crippen LogP contribution in [0.1, 0.15) is 39.7 Å². The minimum absolute atomic E-state index is 0.0171. The second-order valence-electron chi connectivity index (χ2n) is 12.6. The lowest BCUT2D eigenvalue weighted by atomic mass is 9.96. The number of rotatable bonds is 8. The number of amides is 2. The van der Waals surface area contributed by atoms with Gasteiger partial charge in [0.05, 0.1) is 18.0 Å². The lowest BCUT2D eigenvalue weighted by Gasteiger charge is -2.42. The van der Waals surface area contributed by atoms with Gasteiger partial charge in [0.1, 0.15) is 46.8 Å². The zero-order valence-electron chi connectivity index (χ0n) is 27.3. The fraction of sp³-hybridized carbons (Fsp3) is 0.371. The highest BCUT2D eigenvalue weighted by Gasteiger charge is 2.35. The van der Waals surface area contributed by atoms with Crippen molar-refractivity contribution in [2.24, 2.45) is 0 Å². The van der Waals surface area contributed by atoms with Crippen molar-refractivity contribution in [1.82, 2.24) is 34.4 Å². The molecule has 0 spiro atoms. The highest BCUT2D eigenvalue weighted by molar-refractivity contribution is 5.99. The number of nitrogens with two attached hydrogens (primary N) is 1. The van der Waals surface area contributed by atoms with Gasteiger partial charge in [0.15, 0.2) is 5.65 Å². The van der Waals surface area contributed by atoms with Gasteiger partial charge in [-0.05, 0) is 64.0 Å². The summed E-state index contributed by atoms with van der Waals surface area (Å²) < 4.78 is 23.1. The van der Waals surface area contributed by atoms with Crippen molar-refractivity contribution < 1.29 is 18.7 Å². The summed E-state index contributed by atoms with van der Waals surface area (Å²) >= 11 is 0. The summed E-state index contributed by atoms with van der Waals surface area (Å²) in [6.45, 7) is 8.60. The fourth-order valence-corrected chi connectivity index (χ4v) is 6.44. The number of benzene rings is 2. The summed E-state index contributed by atoms with van der Waals surface area (Å²) in [6, 6.07) is 15.4. The van der Waals surface area contributed by atoms with Crippen LogP contribution in [0.5, 0.6) is 11.5 Å². The molecular weight excluding hydrogens is 613 g/mol. The first kappa shape index (κ1) is 32.6. The molecule has 1 atom stereocenters. The Kier molecular flexibility index (Phi) is 9.10. The number of nitriles is 1. The van der Waals surface area contributed by atoms with Gasteiger partial charge in [0, 0.05) is 49.9 Å². The molecule has 0 radical (unpaired) electrons. The number of halogens is 1. The number of piperidine rings is 1. The number of hydrogen-bond acceptors (Lipinski definition) is 9. The minimum atomic E-state index is -0.696. The third-order valence-electron chi connectivity index (χ3n) is 9.09. The molecule has 2 amide bonds. The van der Waals surface area contributed by atoms with Crippen LogP contribution < -0.4 is 10.5 Å². The van der Waals surface area contributed by atoms with Gasteiger partial charge in [-0.1, -0.05) is 18.2 Å². The maximum Gasteiger partial charge on any atom is 0.264 e. The van der Waals surface area contributed by atoms with Crippen LogP contribution in [-0.2, 0) is 9.59 Å². The first-order valence-corrected chi connectivity index (χ1v) is 16.1. The van der Waals surface area contributed by atoms with E-state index in [2.05, 4.69) is 16.0 Å². The van der Waals surface area contributed by atoms with Crippen molar-refractivity contribution in [3.8, 4) is 28.8 Å². The fourth-order valence-electron chi connectivity index (χ4n) is 6.44. The van der Waals surface area contributed by atoms with Crippen molar-refractivity contribution in [2.75, 3.05) is 45.0 Å². The third-order valence-corrected chi connectivity index (χ3v) is 9.09. The van der Waals surface area contributed by atoms with Crippen LogP contribution in [0.15, 0.2) is 66.5 Å². The number of ether oxygens (including phenoxy) is 1. The molecule has 2 aliphatic heterocycles. The zero-order chi connectivity index (χ0) is 34.0. The van der Waals surface area contributed by atoms with Crippen molar-refractivity contribution in [3.63, 3.8) is 0 Å². The number of anilines is 1. The molecule has 4 aromatic rings. The van der Waals surface area contributed by atoms with Gasteiger partial charge >= 0.3 is 0 Å². The molecule has 2 fully saturated rings. The molecular formula is C35H38FN9O3. The number of piperazine rings is 1. The van der Waals surface area contributed by atoms with E-state index < -0.39 is 11.4 Å². The molecule has 2 aromatic heterocycles. The number of para-hydroxylation sites is 1. The number of likely N-dealkylation sites (tertiary alicyclic amines) is 1. The lowest BCUT2D eigenvalue weighted by Crippen LogP contribution is -2.56. The quantitative estimate of drug-likeness (QED) is 0.214. The number of likely N-dealkylation sites (N-methyl/N-ethyl adjacent to an activating group) is 1. The van der Waals surface area contributed by atoms with Crippen LogP contribution in [0.4, 0.5) is 10.2 Å². The van der Waals surface area contributed by atoms with E-state index in [1.54, 1.807) is 44.8 Å². The molecule has 48 heavy (non-hydrogen) atoms. The largest absolute Gasteiger partial charge is 0.457 e. The molecule has 248 valence electrons. The average molecular weight is 652 g/mol. The number of fused-ring (bicyclic) bond motifs is 1. The average Bonchev–Trinajstić information content (AvgIpc) is 3.48. The van der Waals surface area contributed by atoms with E-state index >= 15 is 4.39 Å². The second-order valence-corrected chi connectivity index (χ2v) is 12.6. The topological polar surface area (TPSA) is 146 Å². The lowest BCUT2D eigenvalue weighted by molar-refractivity contribution is -0.137. The van der Waals surface area contributed by atoms with Crippen molar-refractivity contribution in [2.45, 2.75) is 45.2 Å². The molecule has 2 aromatic carbocycles. The molecule has 2 N–H and O–H groups in total. The van der Waals surface area contributed by atoms with Gasteiger partial charge in [-0.3, -0.25) is 14.5 Å². The molecule has 0 saturated carbocycles. The van der Waals surface area contributed by atoms with E-state index in [1.807, 2.05) is 43.9 Å². The summed E-state index contributed by atoms with van der Waals surface area (Å²) in [5.41, 5.74) is 6.55. The van der Waals surface area contributed by atoms with E-state index in [1.165, 1.54) is 12.4 Å². The Hall–Kier alpha value is -5.35. The minimum Gasteiger partial charge on any atom is -0.457 e. The second kappa shape index (κ2) is 13.4. The SMILES string of the molecule is CCN1CCN(C(C)(C)/C=C(\C#N)C(=O)N2CCC[C@H](n3nc(-c4ccc(Oc5ccccc5)cc4F)c4c(N)ncnc43)C2)CC1=O. The van der Waals surface area contributed by atoms with Gasteiger partial charge in [-0.25, -0.2) is 19.0 Å². The van der Waals surface area contributed by atoms with Crippen LogP contribution in [0.2, 0.25) is 0 Å². The van der Waals surface area contributed by atoms with Crippen LogP contribution in [0.25, 0.3) is 22.3 Å². The monoisotopic (exact) mass is 651 g/mol. The van der Waals surface area contributed by atoms with E-state index in [-0.39, 0.29) is 53.6 Å². The van der Waals surface area contributed by atoms with Crippen molar-refractivity contribution in [1.29, 1.82) is 5.26 Å². The predicted molar refractivity (Wildman–Crippen MR) is 178 cm³/mol. The Labute approximate surface area is 278 Å². The molecule has 2 saturated heterocycles. The highest BCUT2D eigenvalue weighted by Crippen LogP contribution is 2.36. The Balaban J connectivity index is 1.26. The number of aromatic nitrogens is 4. The van der Waals surface area contributed by atoms with Gasteiger partial charge in [-0.2, -0.15) is 10.4 Å². The van der Waals surface area contributed by atoms with E-state index in [4.69, 9.17) is 15.6 Å². The van der Waals surface area contributed by atoms with Gasteiger partial charge in [-0.15, -0.1) is 0 Å². The number of carbonyl (C=O) groups is 2. The predicted octanol–water partition coefficient (Wildman–Crippen LogP) is 4.56. The van der Waals surface area contributed by atoms with E-state index in [0.29, 0.717) is 61.6 Å². The highest BCUT2D eigenvalue weighted by atomic mass is 19.1. The molecule has 6 rings (SSSR count). The maximum absolute atomic E-state index is 15.6. The summed E-state index contributed by atoms with van der Waals surface area (Å²) in [6.07, 6.45) is 4.33. The normalized spacial score (nSPS) is 17.9. The molecule has 2 aliphatic rings. The van der Waals surface area contributed by atoms with Gasteiger partial charge in [0.2, 0.25) is 5.91 Å². The molecule has 4 heterocycles. The maximum atomic E-state index is 15.6. The summed E-state index contributed by atoms with van der Waals surface area (Å²) in [5.74, 6) is 0.153. The van der Waals surface area contributed by atoms with Crippen molar-refractivity contribution >= 4 is 28.7 Å². The number of carbonyl (C=O) groups excluding carboxylic acids is 2. The molecule has 0 aliphatic carbocycles.